The number of benzene rings is 3. The summed E-state index contributed by atoms with van der Waals surface area (Å²) in [6, 6.07) is 22.9. The minimum Gasteiger partial charge on any atom is -0.497 e. The van der Waals surface area contributed by atoms with Crippen LogP contribution < -0.4 is 14.2 Å². The van der Waals surface area contributed by atoms with E-state index in [0.29, 0.717) is 43.3 Å². The molecule has 3 saturated heterocycles. The maximum Gasteiger partial charge on any atom is 0.319 e. The molecular formula is C110H177O17S5+3. The first-order valence-corrected chi connectivity index (χ1v) is 58.8. The van der Waals surface area contributed by atoms with Crippen molar-refractivity contribution in [1.29, 1.82) is 0 Å². The predicted octanol–water partition coefficient (Wildman–Crippen LogP) is 24.2. The first kappa shape index (κ1) is 113. The van der Waals surface area contributed by atoms with E-state index in [1.807, 2.05) is 107 Å². The van der Waals surface area contributed by atoms with Crippen LogP contribution in [0.15, 0.2) is 72.8 Å². The number of hydrogen-bond acceptors (Lipinski definition) is 18. The molecule has 4 bridgehead atoms. The van der Waals surface area contributed by atoms with Crippen molar-refractivity contribution in [3.63, 3.8) is 0 Å². The predicted molar refractivity (Wildman–Crippen MR) is 550 cm³/mol. The fourth-order valence-electron chi connectivity index (χ4n) is 22.3. The minimum absolute atomic E-state index is 0.0303. The number of carbonyl (C=O) groups excluding carboxylic acids is 7. The molecule has 0 spiro atoms. The maximum atomic E-state index is 13.2. The molecule has 3 aliphatic heterocycles. The summed E-state index contributed by atoms with van der Waals surface area (Å²) >= 11 is 1.23. The van der Waals surface area contributed by atoms with Crippen LogP contribution in [0.25, 0.3) is 0 Å². The van der Waals surface area contributed by atoms with Crippen LogP contribution in [0.5, 0.6) is 17.2 Å². The van der Waals surface area contributed by atoms with E-state index in [1.165, 1.54) is 153 Å². The number of rotatable bonds is 32. The third-order valence-corrected chi connectivity index (χ3v) is 42.1. The molecule has 3 aromatic carbocycles. The van der Waals surface area contributed by atoms with Crippen LogP contribution in [0.1, 0.15) is 355 Å². The molecule has 11 aliphatic rings. The summed E-state index contributed by atoms with van der Waals surface area (Å²) in [5, 5.41) is -0.101. The van der Waals surface area contributed by atoms with Crippen molar-refractivity contribution in [1.82, 2.24) is 0 Å². The lowest BCUT2D eigenvalue weighted by molar-refractivity contribution is -0.161. The second kappa shape index (κ2) is 55.5. The van der Waals surface area contributed by atoms with Crippen LogP contribution in [0, 0.1) is 74.9 Å². The van der Waals surface area contributed by atoms with Crippen molar-refractivity contribution in [2.24, 2.45) is 74.9 Å². The number of sulfone groups is 1. The molecule has 8 aliphatic carbocycles. The number of hydrogen-bond donors (Lipinski definition) is 0. The molecule has 14 rings (SSSR count). The molecule has 746 valence electrons. The highest BCUT2D eigenvalue weighted by atomic mass is 32.2. The average Bonchev–Trinajstić information content (AvgIpc) is 0.748. The Balaban J connectivity index is 0.000000196. The maximum absolute atomic E-state index is 13.2. The van der Waals surface area contributed by atoms with Gasteiger partial charge >= 0.3 is 11.9 Å². The largest absolute Gasteiger partial charge is 0.497 e. The molecule has 0 N–H and O–H groups in total. The summed E-state index contributed by atoms with van der Waals surface area (Å²) in [5.41, 5.74) is 2.54. The van der Waals surface area contributed by atoms with Crippen molar-refractivity contribution >= 4 is 94.5 Å². The smallest absolute Gasteiger partial charge is 0.319 e. The van der Waals surface area contributed by atoms with E-state index >= 15 is 0 Å². The van der Waals surface area contributed by atoms with E-state index in [9.17, 15) is 42.0 Å². The van der Waals surface area contributed by atoms with Gasteiger partial charge in [-0.15, -0.1) is 0 Å². The monoisotopic (exact) mass is 1930 g/mol. The second-order valence-corrected chi connectivity index (χ2v) is 55.5. The van der Waals surface area contributed by atoms with Crippen LogP contribution in [-0.2, 0) is 85.4 Å². The number of ether oxygens (including phenoxy) is 8. The van der Waals surface area contributed by atoms with E-state index < -0.39 is 20.5 Å². The lowest BCUT2D eigenvalue weighted by Crippen LogP contribution is -2.48. The van der Waals surface area contributed by atoms with Crippen LogP contribution in [0.4, 0.5) is 0 Å². The number of esters is 2. The summed E-state index contributed by atoms with van der Waals surface area (Å²) in [6.07, 6.45) is 37.3. The Labute approximate surface area is 812 Å². The van der Waals surface area contributed by atoms with Crippen molar-refractivity contribution in [2.75, 3.05) is 108 Å². The topological polar surface area (TPSA) is 227 Å². The lowest BCUT2D eigenvalue weighted by atomic mass is 9.50. The third-order valence-electron chi connectivity index (χ3n) is 29.1. The van der Waals surface area contributed by atoms with Gasteiger partial charge in [-0.25, -0.2) is 8.42 Å². The van der Waals surface area contributed by atoms with Gasteiger partial charge in [-0.05, 0) is 253 Å². The third kappa shape index (κ3) is 35.4. The normalized spacial score (nSPS) is 23.0. The van der Waals surface area contributed by atoms with E-state index in [0.717, 1.165) is 190 Å². The fourth-order valence-corrected chi connectivity index (χ4v) is 33.6. The summed E-state index contributed by atoms with van der Waals surface area (Å²) in [5.74, 6) is 13.1. The van der Waals surface area contributed by atoms with Gasteiger partial charge in [0.05, 0.1) is 83.2 Å². The highest BCUT2D eigenvalue weighted by Gasteiger charge is 2.54. The number of carbonyl (C=O) groups is 7. The first-order valence-electron chi connectivity index (χ1n) is 51.5. The summed E-state index contributed by atoms with van der Waals surface area (Å²) in [6.45, 7) is 43.7. The van der Waals surface area contributed by atoms with E-state index in [2.05, 4.69) is 76.2 Å². The zero-order valence-corrected chi connectivity index (χ0v) is 89.3. The fraction of sp³-hybridized carbons (Fsp3) is 0.773. The lowest BCUT2D eigenvalue weighted by Gasteiger charge is -2.56. The van der Waals surface area contributed by atoms with Gasteiger partial charge in [-0.2, -0.15) is 0 Å². The Morgan fingerprint density at radius 2 is 0.780 bits per heavy atom. The first-order chi connectivity index (χ1) is 62.7. The zero-order valence-electron chi connectivity index (χ0n) is 85.2. The molecule has 6 atom stereocenters. The van der Waals surface area contributed by atoms with Gasteiger partial charge < -0.3 is 37.9 Å². The number of Topliss-reactive ketones (excluding diaryl/α,β-unsaturated/α-hetero) is 4. The molecule has 11 fully saturated rings. The van der Waals surface area contributed by atoms with Crippen LogP contribution in [-0.4, -0.2) is 187 Å². The van der Waals surface area contributed by atoms with Gasteiger partial charge in [-0.1, -0.05) is 191 Å². The zero-order chi connectivity index (χ0) is 96.4. The molecule has 3 aromatic rings. The molecule has 8 saturated carbocycles. The van der Waals surface area contributed by atoms with Gasteiger partial charge in [0.15, 0.2) is 30.7 Å². The molecule has 0 radical (unpaired) electrons. The molecule has 0 aromatic heterocycles. The van der Waals surface area contributed by atoms with Gasteiger partial charge in [-0.3, -0.25) is 33.6 Å². The highest BCUT2D eigenvalue weighted by molar-refractivity contribution is 8.14. The van der Waals surface area contributed by atoms with Gasteiger partial charge in [0.2, 0.25) is 17.3 Å². The molecule has 132 heavy (non-hydrogen) atoms. The van der Waals surface area contributed by atoms with Gasteiger partial charge in [0.25, 0.3) is 0 Å². The van der Waals surface area contributed by atoms with Gasteiger partial charge in [0.1, 0.15) is 68.7 Å². The molecule has 17 nitrogen and oxygen atoms in total. The number of unbranched alkanes of at least 4 members (excludes halogenated alkanes) is 2. The standard InChI is InChI=1S/C22H34O3.2C20H31O3S.C19H32O3S.C17H25O3S.C12H24O2S/c1-15(20(23)10-16-5-3-2-4-6-16)21(24)25-14-22-11-17-7-18(12-22)9-19(8-17)13-22;2*1-5-6-11-23-17-9-7-16(8-10-17)18(21)19(20(2,3)4)24-14-12-22-13-15-24;1-3-22-18(20)14(2)23-19(21)17(15-10-6-4-7-11-15)16-12-8-5-9-13-16;1-17(2,3)16(21-11-9-20-10-12-21)15(18)13-5-7-14(19-4)8-6-13;1-10(11-8-6-5-7-9-11)15(13,14)12(2,3)4/h15-19H,2-14H2,1H3;2*7-10,19H,5-6,11-15H2,1-4H3;14-17H,3-13H2,1-2H3;5-8,16H,9-12H2,1-4H3;10-11H,5-9H2,1-4H3/q;2*+1;;+1;. The summed E-state index contributed by atoms with van der Waals surface area (Å²) < 4.78 is 67.7. The van der Waals surface area contributed by atoms with E-state index in [1.54, 1.807) is 21.0 Å². The van der Waals surface area contributed by atoms with Crippen molar-refractivity contribution in [3.05, 3.63) is 89.5 Å². The highest BCUT2D eigenvalue weighted by Crippen LogP contribution is 2.60. The molecule has 3 heterocycles. The Bertz CT molecular complexity index is 3870. The Morgan fingerprint density at radius 1 is 0.447 bits per heavy atom. The van der Waals surface area contributed by atoms with Crippen LogP contribution in [0.3, 0.4) is 0 Å². The Morgan fingerprint density at radius 3 is 1.10 bits per heavy atom. The van der Waals surface area contributed by atoms with E-state index in [-0.39, 0.29) is 127 Å². The van der Waals surface area contributed by atoms with Crippen molar-refractivity contribution < 1.29 is 79.9 Å². The van der Waals surface area contributed by atoms with E-state index in [4.69, 9.17) is 37.9 Å². The molecule has 6 unspecified atom stereocenters. The Kier molecular flexibility index (Phi) is 47.5. The number of methoxy groups -OCH3 is 1. The van der Waals surface area contributed by atoms with Crippen LogP contribution in [0.2, 0.25) is 0 Å². The molecular weight excluding hydrogens is 1750 g/mol. The van der Waals surface area contributed by atoms with Crippen molar-refractivity contribution in [2.45, 2.75) is 355 Å². The quantitative estimate of drug-likeness (QED) is 0.0186. The average molecular weight is 1930 g/mol. The molecule has 22 heteroatoms. The SMILES string of the molecule is CC(C(=O)CC1CCCCC1)C(=O)OCC12CC3CC(CC(C3)C1)C2.CC(C1CCCCC1)S(=O)(=O)C(C)(C)C.CCCCOc1ccc(C(=O)C([S+]2CCOCC2)C(C)(C)C)cc1.CCCCOc1ccc(C(=O)C([S+]2CCOCC2)C(C)(C)C)cc1.CCOC(=O)C(C)SC(=O)C(C1CCCCC1)C1CCCCC1.COc1ccc(C(=O)C([S+]2CCOCC2)C(C)(C)C)cc1. The molecule has 0 amide bonds. The van der Waals surface area contributed by atoms with Gasteiger partial charge in [0, 0.05) is 83.4 Å². The number of thioether (sulfide) groups is 1. The second-order valence-electron chi connectivity index (χ2n) is 44.0. The number of ketones is 4. The minimum atomic E-state index is -2.98. The Hall–Kier alpha value is -4.42. The summed E-state index contributed by atoms with van der Waals surface area (Å²) in [7, 11) is -1.03. The van der Waals surface area contributed by atoms with Crippen molar-refractivity contribution in [3.8, 4) is 17.2 Å². The summed E-state index contributed by atoms with van der Waals surface area (Å²) in [4.78, 5) is 89.2. The van der Waals surface area contributed by atoms with Crippen LogP contribution >= 0.6 is 11.8 Å².